The molecule has 0 atom stereocenters. The van der Waals surface area contributed by atoms with E-state index < -0.39 is 0 Å². The summed E-state index contributed by atoms with van der Waals surface area (Å²) in [5.74, 6) is -0.404. The van der Waals surface area contributed by atoms with E-state index in [0.717, 1.165) is 37.2 Å². The highest BCUT2D eigenvalue weighted by Gasteiger charge is 2.21. The highest BCUT2D eigenvalue weighted by Crippen LogP contribution is 2.22. The number of ether oxygens (including phenoxy) is 2. The Morgan fingerprint density at radius 1 is 1.18 bits per heavy atom. The molecule has 0 spiro atoms. The Morgan fingerprint density at radius 3 is 2.36 bits per heavy atom. The van der Waals surface area contributed by atoms with Crippen molar-refractivity contribution in [3.05, 3.63) is 29.8 Å². The first-order valence-electron chi connectivity index (χ1n) is 7.75. The van der Waals surface area contributed by atoms with Crippen LogP contribution in [0.2, 0.25) is 0 Å². The van der Waals surface area contributed by atoms with Crippen LogP contribution in [0.3, 0.4) is 0 Å². The van der Waals surface area contributed by atoms with Crippen LogP contribution in [0, 0.1) is 0 Å². The van der Waals surface area contributed by atoms with Crippen LogP contribution in [-0.2, 0) is 25.5 Å². The Morgan fingerprint density at radius 2 is 1.82 bits per heavy atom. The minimum Gasteiger partial charge on any atom is -0.466 e. The second-order valence-electron chi connectivity index (χ2n) is 5.44. The van der Waals surface area contributed by atoms with Gasteiger partial charge < -0.3 is 14.4 Å². The lowest BCUT2D eigenvalue weighted by molar-refractivity contribution is -0.147. The predicted octanol–water partition coefficient (Wildman–Crippen LogP) is 2.32. The number of hydrogen-bond donors (Lipinski definition) is 0. The molecule has 1 heterocycles. The van der Waals surface area contributed by atoms with Crippen LogP contribution in [0.15, 0.2) is 24.3 Å². The fourth-order valence-electron chi connectivity index (χ4n) is 2.67. The van der Waals surface area contributed by atoms with Gasteiger partial charge in [0.15, 0.2) is 0 Å². The van der Waals surface area contributed by atoms with Crippen LogP contribution in [0.1, 0.15) is 32.3 Å². The fourth-order valence-corrected chi connectivity index (χ4v) is 2.67. The number of benzene rings is 1. The van der Waals surface area contributed by atoms with Gasteiger partial charge in [0.1, 0.15) is 6.10 Å². The third-order valence-electron chi connectivity index (χ3n) is 3.73. The van der Waals surface area contributed by atoms with Crippen LogP contribution in [0.5, 0.6) is 0 Å². The van der Waals surface area contributed by atoms with Gasteiger partial charge in [-0.2, -0.15) is 0 Å². The molecule has 1 aliphatic rings. The maximum Gasteiger partial charge on any atom is 0.310 e. The van der Waals surface area contributed by atoms with Gasteiger partial charge in [-0.05, 0) is 24.6 Å². The number of carbonyl (C=O) groups excluding carboxylic acids is 2. The van der Waals surface area contributed by atoms with Crippen molar-refractivity contribution in [1.29, 1.82) is 0 Å². The minimum absolute atomic E-state index is 0.0387. The van der Waals surface area contributed by atoms with Crippen LogP contribution in [-0.4, -0.2) is 37.7 Å². The zero-order valence-electron chi connectivity index (χ0n) is 13.2. The third-order valence-corrected chi connectivity index (χ3v) is 3.73. The average molecular weight is 305 g/mol. The number of esters is 2. The number of carbonyl (C=O) groups is 2. The Labute approximate surface area is 131 Å². The Bertz CT molecular complexity index is 504. The Balaban J connectivity index is 1.86. The van der Waals surface area contributed by atoms with Gasteiger partial charge in [0.2, 0.25) is 0 Å². The van der Waals surface area contributed by atoms with Crippen molar-refractivity contribution in [3.63, 3.8) is 0 Å². The second kappa shape index (κ2) is 7.82. The molecule has 0 N–H and O–H groups in total. The van der Waals surface area contributed by atoms with Crippen molar-refractivity contribution >= 4 is 17.6 Å². The molecule has 1 aliphatic heterocycles. The zero-order chi connectivity index (χ0) is 15.9. The monoisotopic (exact) mass is 305 g/mol. The van der Waals surface area contributed by atoms with Gasteiger partial charge in [-0.15, -0.1) is 0 Å². The van der Waals surface area contributed by atoms with E-state index in [4.69, 9.17) is 9.47 Å². The van der Waals surface area contributed by atoms with Gasteiger partial charge in [0.05, 0.1) is 13.0 Å². The van der Waals surface area contributed by atoms with E-state index >= 15 is 0 Å². The second-order valence-corrected chi connectivity index (χ2v) is 5.44. The summed E-state index contributed by atoms with van der Waals surface area (Å²) < 4.78 is 10.2. The first-order chi connectivity index (χ1) is 10.6. The molecule has 0 aromatic heterocycles. The summed E-state index contributed by atoms with van der Waals surface area (Å²) in [4.78, 5) is 24.7. The topological polar surface area (TPSA) is 55.8 Å². The van der Waals surface area contributed by atoms with E-state index in [1.54, 1.807) is 6.92 Å². The molecule has 0 amide bonds. The minimum atomic E-state index is -0.207. The molecule has 1 saturated heterocycles. The number of hydrogen-bond acceptors (Lipinski definition) is 5. The lowest BCUT2D eigenvalue weighted by atomic mass is 10.1. The Kier molecular flexibility index (Phi) is 5.81. The quantitative estimate of drug-likeness (QED) is 0.781. The molecule has 1 aromatic rings. The van der Waals surface area contributed by atoms with Gasteiger partial charge in [0, 0.05) is 38.5 Å². The van der Waals surface area contributed by atoms with Crippen molar-refractivity contribution in [2.24, 2.45) is 0 Å². The standard InChI is InChI=1S/C17H23NO4/c1-3-21-17(20)12-14-4-6-15(7-5-14)18-10-8-16(9-11-18)22-13(2)19/h4-7,16H,3,8-12H2,1-2H3. The number of piperidine rings is 1. The molecular formula is C17H23NO4. The van der Waals surface area contributed by atoms with Crippen molar-refractivity contribution < 1.29 is 19.1 Å². The summed E-state index contributed by atoms with van der Waals surface area (Å²) in [6.07, 6.45) is 2.05. The summed E-state index contributed by atoms with van der Waals surface area (Å²) in [5, 5.41) is 0. The molecule has 0 aliphatic carbocycles. The summed E-state index contributed by atoms with van der Waals surface area (Å²) in [7, 11) is 0. The van der Waals surface area contributed by atoms with Gasteiger partial charge in [-0.3, -0.25) is 9.59 Å². The number of rotatable bonds is 5. The number of nitrogens with zero attached hydrogens (tertiary/aromatic N) is 1. The molecule has 1 fully saturated rings. The zero-order valence-corrected chi connectivity index (χ0v) is 13.2. The first kappa shape index (κ1) is 16.3. The highest BCUT2D eigenvalue weighted by atomic mass is 16.5. The van der Waals surface area contributed by atoms with E-state index in [-0.39, 0.29) is 18.0 Å². The van der Waals surface area contributed by atoms with Crippen LogP contribution in [0.25, 0.3) is 0 Å². The molecule has 22 heavy (non-hydrogen) atoms. The fraction of sp³-hybridized carbons (Fsp3) is 0.529. The molecule has 120 valence electrons. The summed E-state index contributed by atoms with van der Waals surface area (Å²) in [5.41, 5.74) is 2.09. The van der Waals surface area contributed by atoms with Gasteiger partial charge >= 0.3 is 11.9 Å². The van der Waals surface area contributed by atoms with Crippen molar-refractivity contribution in [2.75, 3.05) is 24.6 Å². The van der Waals surface area contributed by atoms with E-state index in [9.17, 15) is 9.59 Å². The molecule has 0 radical (unpaired) electrons. The maximum atomic E-state index is 11.4. The molecule has 0 saturated carbocycles. The van der Waals surface area contributed by atoms with Gasteiger partial charge in [0.25, 0.3) is 0 Å². The first-order valence-corrected chi connectivity index (χ1v) is 7.75. The Hall–Kier alpha value is -2.04. The lowest BCUT2D eigenvalue weighted by Gasteiger charge is -2.33. The summed E-state index contributed by atoms with van der Waals surface area (Å²) in [6, 6.07) is 7.98. The predicted molar refractivity (Wildman–Crippen MR) is 83.8 cm³/mol. The maximum absolute atomic E-state index is 11.4. The summed E-state index contributed by atoms with van der Waals surface area (Å²) in [6.45, 7) is 5.41. The van der Waals surface area contributed by atoms with Crippen molar-refractivity contribution in [2.45, 2.75) is 39.2 Å². The van der Waals surface area contributed by atoms with Gasteiger partial charge in [-0.1, -0.05) is 12.1 Å². The molecule has 1 aromatic carbocycles. The highest BCUT2D eigenvalue weighted by molar-refractivity contribution is 5.72. The van der Waals surface area contributed by atoms with Crippen LogP contribution < -0.4 is 4.90 Å². The molecular weight excluding hydrogens is 282 g/mol. The lowest BCUT2D eigenvalue weighted by Crippen LogP contribution is -2.37. The smallest absolute Gasteiger partial charge is 0.310 e. The van der Waals surface area contributed by atoms with E-state index in [1.165, 1.54) is 6.92 Å². The molecule has 5 heteroatoms. The number of anilines is 1. The van der Waals surface area contributed by atoms with Crippen molar-refractivity contribution in [1.82, 2.24) is 0 Å². The van der Waals surface area contributed by atoms with Crippen LogP contribution in [0.4, 0.5) is 5.69 Å². The molecule has 2 rings (SSSR count). The van der Waals surface area contributed by atoms with E-state index in [1.807, 2.05) is 24.3 Å². The van der Waals surface area contributed by atoms with Crippen molar-refractivity contribution in [3.8, 4) is 0 Å². The molecule has 0 bridgehead atoms. The van der Waals surface area contributed by atoms with E-state index in [0.29, 0.717) is 13.0 Å². The molecule has 0 unspecified atom stereocenters. The van der Waals surface area contributed by atoms with Gasteiger partial charge in [-0.25, -0.2) is 0 Å². The van der Waals surface area contributed by atoms with E-state index in [2.05, 4.69) is 4.90 Å². The third kappa shape index (κ3) is 4.76. The average Bonchev–Trinajstić information content (AvgIpc) is 2.48. The van der Waals surface area contributed by atoms with Crippen LogP contribution >= 0.6 is 0 Å². The largest absolute Gasteiger partial charge is 0.466 e. The normalized spacial score (nSPS) is 15.5. The molecule has 5 nitrogen and oxygen atoms in total. The summed E-state index contributed by atoms with van der Waals surface area (Å²) >= 11 is 0. The SMILES string of the molecule is CCOC(=O)Cc1ccc(N2CCC(OC(C)=O)CC2)cc1.